The van der Waals surface area contributed by atoms with Gasteiger partial charge in [0.15, 0.2) is 5.82 Å². The van der Waals surface area contributed by atoms with E-state index in [1.807, 2.05) is 11.8 Å². The second-order valence-electron chi connectivity index (χ2n) is 10.9. The lowest BCUT2D eigenvalue weighted by Crippen LogP contribution is -2.44. The third kappa shape index (κ3) is 4.49. The van der Waals surface area contributed by atoms with Gasteiger partial charge in [0.2, 0.25) is 0 Å². The Bertz CT molecular complexity index is 1230. The van der Waals surface area contributed by atoms with Gasteiger partial charge in [0.25, 0.3) is 0 Å². The molecule has 2 aromatic heterocycles. The molecule has 0 aliphatic carbocycles. The lowest BCUT2D eigenvalue weighted by atomic mass is 9.95. The van der Waals surface area contributed by atoms with Crippen molar-refractivity contribution in [3.05, 3.63) is 52.3 Å². The average molecular weight is 489 g/mol. The Morgan fingerprint density at radius 1 is 1.06 bits per heavy atom. The van der Waals surface area contributed by atoms with E-state index >= 15 is 0 Å². The second kappa shape index (κ2) is 9.85. The maximum Gasteiger partial charge on any atom is 0.162 e. The van der Waals surface area contributed by atoms with Crippen LogP contribution in [0, 0.1) is 19.8 Å². The molecule has 1 saturated heterocycles. The number of aryl methyl sites for hydroxylation is 3. The molecule has 192 valence electrons. The van der Waals surface area contributed by atoms with Gasteiger partial charge < -0.3 is 14.5 Å². The van der Waals surface area contributed by atoms with E-state index in [2.05, 4.69) is 75.7 Å². The minimum absolute atomic E-state index is 0.303. The molecule has 3 aromatic rings. The van der Waals surface area contributed by atoms with Crippen molar-refractivity contribution in [3.8, 4) is 11.4 Å². The highest BCUT2D eigenvalue weighted by molar-refractivity contribution is 5.68. The quantitative estimate of drug-likeness (QED) is 0.501. The topological polar surface area (TPSA) is 59.3 Å². The first kappa shape index (κ1) is 24.8. The third-order valence-corrected chi connectivity index (χ3v) is 7.96. The summed E-state index contributed by atoms with van der Waals surface area (Å²) in [5.41, 5.74) is 7.18. The van der Waals surface area contributed by atoms with Crippen LogP contribution in [-0.2, 0) is 24.8 Å². The van der Waals surface area contributed by atoms with Crippen LogP contribution in [0.5, 0.6) is 0 Å². The Morgan fingerprint density at radius 2 is 1.81 bits per heavy atom. The molecule has 1 fully saturated rings. The molecular formula is C29H40N6O. The molecule has 1 aromatic carbocycles. The van der Waals surface area contributed by atoms with Crippen LogP contribution in [0.15, 0.2) is 24.3 Å². The fourth-order valence-electron chi connectivity index (χ4n) is 5.86. The Kier molecular flexibility index (Phi) is 6.77. The minimum atomic E-state index is 0.303. The van der Waals surface area contributed by atoms with Crippen LogP contribution >= 0.6 is 0 Å². The van der Waals surface area contributed by atoms with E-state index in [4.69, 9.17) is 19.8 Å². The highest BCUT2D eigenvalue weighted by atomic mass is 16.5. The van der Waals surface area contributed by atoms with E-state index in [9.17, 15) is 0 Å². The number of fused-ring (bicyclic) bond motifs is 1. The van der Waals surface area contributed by atoms with Crippen molar-refractivity contribution in [2.24, 2.45) is 13.0 Å². The summed E-state index contributed by atoms with van der Waals surface area (Å²) in [6.45, 7) is 14.6. The number of piperidine rings is 1. The van der Waals surface area contributed by atoms with Crippen molar-refractivity contribution < 1.29 is 4.74 Å². The molecule has 2 aliphatic rings. The van der Waals surface area contributed by atoms with Gasteiger partial charge in [-0.3, -0.25) is 4.68 Å². The summed E-state index contributed by atoms with van der Waals surface area (Å²) >= 11 is 0. The fourth-order valence-corrected chi connectivity index (χ4v) is 5.86. The monoisotopic (exact) mass is 488 g/mol. The lowest BCUT2D eigenvalue weighted by molar-refractivity contribution is 0.0443. The summed E-state index contributed by atoms with van der Waals surface area (Å²) in [7, 11) is 3.88. The van der Waals surface area contributed by atoms with E-state index in [1.165, 1.54) is 28.2 Å². The standard InChI is InChI=1S/C29H40N6O/c1-18(2)24-15-26(33(6)32-24)34-13-11-23-22(17-34)29(35-14-12-25(36-7)21(5)16-35)31-28(30-23)27-19(3)9-8-10-20(27)4/h8-10,15,18,21,25H,11-14,16-17H2,1-7H3/t21-,25?/m1/s1. The van der Waals surface area contributed by atoms with Crippen molar-refractivity contribution in [2.75, 3.05) is 36.5 Å². The second-order valence-corrected chi connectivity index (χ2v) is 10.9. The van der Waals surface area contributed by atoms with Crippen LogP contribution in [0.3, 0.4) is 0 Å². The zero-order valence-corrected chi connectivity index (χ0v) is 22.9. The maximum atomic E-state index is 5.76. The van der Waals surface area contributed by atoms with Crippen LogP contribution in [0.1, 0.15) is 61.2 Å². The first-order valence-corrected chi connectivity index (χ1v) is 13.3. The zero-order valence-electron chi connectivity index (χ0n) is 22.9. The molecule has 0 amide bonds. The highest BCUT2D eigenvalue weighted by Gasteiger charge is 2.32. The zero-order chi connectivity index (χ0) is 25.6. The number of anilines is 2. The Morgan fingerprint density at radius 3 is 2.44 bits per heavy atom. The number of rotatable bonds is 5. The number of hydrogen-bond acceptors (Lipinski definition) is 6. The molecule has 0 spiro atoms. The van der Waals surface area contributed by atoms with Crippen molar-refractivity contribution >= 4 is 11.6 Å². The first-order chi connectivity index (χ1) is 17.3. The Balaban J connectivity index is 1.58. The number of aromatic nitrogens is 4. The number of nitrogens with zero attached hydrogens (tertiary/aromatic N) is 6. The molecule has 0 radical (unpaired) electrons. The summed E-state index contributed by atoms with van der Waals surface area (Å²) < 4.78 is 7.78. The van der Waals surface area contributed by atoms with Gasteiger partial charge in [0, 0.05) is 64.0 Å². The van der Waals surface area contributed by atoms with Crippen LogP contribution in [-0.4, -0.2) is 52.6 Å². The van der Waals surface area contributed by atoms with E-state index in [-0.39, 0.29) is 0 Å². The average Bonchev–Trinajstić information content (AvgIpc) is 3.25. The van der Waals surface area contributed by atoms with Gasteiger partial charge in [0.1, 0.15) is 11.6 Å². The first-order valence-electron chi connectivity index (χ1n) is 13.3. The van der Waals surface area contributed by atoms with Crippen LogP contribution in [0.25, 0.3) is 11.4 Å². The Labute approximate surface area is 215 Å². The van der Waals surface area contributed by atoms with Crippen LogP contribution in [0.2, 0.25) is 0 Å². The predicted molar refractivity (Wildman–Crippen MR) is 146 cm³/mol. The summed E-state index contributed by atoms with van der Waals surface area (Å²) in [6.07, 6.45) is 2.21. The van der Waals surface area contributed by atoms with E-state index < -0.39 is 0 Å². The molecule has 0 saturated carbocycles. The Hall–Kier alpha value is -2.93. The van der Waals surface area contributed by atoms with Crippen LogP contribution in [0.4, 0.5) is 11.6 Å². The summed E-state index contributed by atoms with van der Waals surface area (Å²) in [5, 5.41) is 4.77. The molecule has 0 bridgehead atoms. The minimum Gasteiger partial charge on any atom is -0.381 e. The van der Waals surface area contributed by atoms with E-state index in [0.717, 1.165) is 61.9 Å². The van der Waals surface area contributed by atoms with Crippen molar-refractivity contribution in [3.63, 3.8) is 0 Å². The number of benzene rings is 1. The molecular weight excluding hydrogens is 448 g/mol. The number of hydrogen-bond donors (Lipinski definition) is 0. The van der Waals surface area contributed by atoms with Crippen molar-refractivity contribution in [1.29, 1.82) is 0 Å². The van der Waals surface area contributed by atoms with Gasteiger partial charge >= 0.3 is 0 Å². The maximum absolute atomic E-state index is 5.76. The smallest absolute Gasteiger partial charge is 0.162 e. The van der Waals surface area contributed by atoms with Gasteiger partial charge in [0.05, 0.1) is 17.5 Å². The molecule has 1 unspecified atom stereocenters. The molecule has 36 heavy (non-hydrogen) atoms. The van der Waals surface area contributed by atoms with E-state index in [0.29, 0.717) is 17.9 Å². The largest absolute Gasteiger partial charge is 0.381 e. The summed E-state index contributed by atoms with van der Waals surface area (Å²) in [6, 6.07) is 8.68. The number of ether oxygens (including phenoxy) is 1. The molecule has 0 N–H and O–H groups in total. The molecule has 2 aliphatic heterocycles. The molecule has 4 heterocycles. The SMILES string of the molecule is COC1CCN(c2nc(-c3c(C)cccc3C)nc3c2CN(c2cc(C(C)C)nn2C)CC3)C[C@H]1C. The van der Waals surface area contributed by atoms with Crippen molar-refractivity contribution in [1.82, 2.24) is 19.7 Å². The van der Waals surface area contributed by atoms with Crippen LogP contribution < -0.4 is 9.80 Å². The molecule has 7 heteroatoms. The third-order valence-electron chi connectivity index (χ3n) is 7.96. The molecule has 2 atom stereocenters. The predicted octanol–water partition coefficient (Wildman–Crippen LogP) is 5.04. The number of methoxy groups -OCH3 is 1. The van der Waals surface area contributed by atoms with Gasteiger partial charge in [-0.1, -0.05) is 39.0 Å². The van der Waals surface area contributed by atoms with Gasteiger partial charge in [-0.2, -0.15) is 5.10 Å². The van der Waals surface area contributed by atoms with E-state index in [1.54, 1.807) is 0 Å². The molecule has 5 rings (SSSR count). The van der Waals surface area contributed by atoms with Crippen molar-refractivity contribution in [2.45, 2.75) is 66.0 Å². The van der Waals surface area contributed by atoms with Gasteiger partial charge in [-0.15, -0.1) is 0 Å². The summed E-state index contributed by atoms with van der Waals surface area (Å²) in [5.74, 6) is 3.97. The summed E-state index contributed by atoms with van der Waals surface area (Å²) in [4.78, 5) is 15.4. The van der Waals surface area contributed by atoms with Gasteiger partial charge in [-0.05, 0) is 43.2 Å². The lowest BCUT2D eigenvalue weighted by Gasteiger charge is -2.39. The fraction of sp³-hybridized carbons (Fsp3) is 0.552. The highest BCUT2D eigenvalue weighted by Crippen LogP contribution is 2.35. The normalized spacial score (nSPS) is 20.2. The molecule has 7 nitrogen and oxygen atoms in total. The van der Waals surface area contributed by atoms with Gasteiger partial charge in [-0.25, -0.2) is 9.97 Å².